The second-order valence-corrected chi connectivity index (χ2v) is 7.41. The number of thiazole rings is 1. The average Bonchev–Trinajstić information content (AvgIpc) is 3.16. The van der Waals surface area contributed by atoms with Crippen molar-refractivity contribution in [2.75, 3.05) is 7.11 Å². The molecule has 2 heterocycles. The van der Waals surface area contributed by atoms with Crippen molar-refractivity contribution in [1.82, 2.24) is 25.2 Å². The Hall–Kier alpha value is -1.97. The van der Waals surface area contributed by atoms with E-state index >= 15 is 0 Å². The van der Waals surface area contributed by atoms with Gasteiger partial charge in [-0.25, -0.2) is 9.78 Å². The van der Waals surface area contributed by atoms with Crippen LogP contribution in [0, 0.1) is 13.8 Å². The molecule has 3 aromatic rings. The molecule has 0 N–H and O–H groups in total. The van der Waals surface area contributed by atoms with Crippen molar-refractivity contribution in [2.24, 2.45) is 0 Å². The molecule has 2 aromatic heterocycles. The molecule has 10 heteroatoms. The molecule has 124 valence electrons. The molecule has 0 bridgehead atoms. The van der Waals surface area contributed by atoms with Gasteiger partial charge in [-0.15, -0.1) is 5.10 Å². The van der Waals surface area contributed by atoms with E-state index in [4.69, 9.17) is 11.6 Å². The van der Waals surface area contributed by atoms with Crippen LogP contribution in [-0.2, 0) is 4.74 Å². The Balaban J connectivity index is 1.91. The zero-order valence-corrected chi connectivity index (χ0v) is 15.4. The van der Waals surface area contributed by atoms with Crippen LogP contribution in [0.2, 0.25) is 5.15 Å². The van der Waals surface area contributed by atoms with Crippen molar-refractivity contribution in [3.05, 3.63) is 39.4 Å². The Labute approximate surface area is 151 Å². The molecule has 0 unspecified atom stereocenters. The molecule has 0 aliphatic rings. The van der Waals surface area contributed by atoms with Gasteiger partial charge in [-0.3, -0.25) is 0 Å². The number of hydrogen-bond acceptors (Lipinski definition) is 8. The van der Waals surface area contributed by atoms with Crippen LogP contribution in [0.3, 0.4) is 0 Å². The number of benzene rings is 1. The van der Waals surface area contributed by atoms with Gasteiger partial charge in [0.15, 0.2) is 14.4 Å². The third kappa shape index (κ3) is 3.28. The lowest BCUT2D eigenvalue weighted by molar-refractivity contribution is 0.0606. The molecule has 0 atom stereocenters. The number of tetrazole rings is 1. The fraction of sp³-hybridized carbons (Fsp3) is 0.214. The maximum Gasteiger partial charge on any atom is 0.351 e. The second-order valence-electron chi connectivity index (χ2n) is 4.84. The Morgan fingerprint density at radius 1 is 1.33 bits per heavy atom. The lowest BCUT2D eigenvalue weighted by Gasteiger charge is -2.05. The van der Waals surface area contributed by atoms with E-state index in [0.29, 0.717) is 9.50 Å². The molecule has 1 aromatic carbocycles. The van der Waals surface area contributed by atoms with E-state index in [2.05, 4.69) is 25.2 Å². The molecule has 0 saturated heterocycles. The van der Waals surface area contributed by atoms with Crippen molar-refractivity contribution in [1.29, 1.82) is 0 Å². The van der Waals surface area contributed by atoms with Gasteiger partial charge in [0.05, 0.1) is 12.8 Å². The number of aromatic nitrogens is 5. The predicted molar refractivity (Wildman–Crippen MR) is 91.2 cm³/mol. The molecule has 0 fully saturated rings. The normalized spacial score (nSPS) is 10.8. The number of halogens is 1. The van der Waals surface area contributed by atoms with Gasteiger partial charge in [-0.1, -0.05) is 29.0 Å². The molecule has 3 rings (SSSR count). The Morgan fingerprint density at radius 3 is 2.83 bits per heavy atom. The van der Waals surface area contributed by atoms with E-state index in [1.807, 2.05) is 32.0 Å². The summed E-state index contributed by atoms with van der Waals surface area (Å²) in [7, 11) is 1.30. The Morgan fingerprint density at radius 2 is 2.12 bits per heavy atom. The van der Waals surface area contributed by atoms with Crippen LogP contribution in [0.15, 0.2) is 27.7 Å². The summed E-state index contributed by atoms with van der Waals surface area (Å²) in [4.78, 5) is 16.0. The number of esters is 1. The summed E-state index contributed by atoms with van der Waals surface area (Å²) < 4.78 is 6.85. The largest absolute Gasteiger partial charge is 0.465 e. The summed E-state index contributed by atoms with van der Waals surface area (Å²) in [6, 6.07) is 5.96. The lowest BCUT2D eigenvalue weighted by Crippen LogP contribution is -1.99. The van der Waals surface area contributed by atoms with Crippen molar-refractivity contribution in [2.45, 2.75) is 23.3 Å². The number of ether oxygens (including phenoxy) is 1. The topological polar surface area (TPSA) is 82.8 Å². The molecule has 0 radical (unpaired) electrons. The van der Waals surface area contributed by atoms with Gasteiger partial charge in [-0.05, 0) is 59.3 Å². The summed E-state index contributed by atoms with van der Waals surface area (Å²) in [5.74, 6) is -0.516. The summed E-state index contributed by atoms with van der Waals surface area (Å²) in [5, 5.41) is 12.4. The highest BCUT2D eigenvalue weighted by atomic mass is 35.5. The number of carbonyl (C=O) groups excluding carboxylic acids is 1. The van der Waals surface area contributed by atoms with Gasteiger partial charge >= 0.3 is 5.97 Å². The molecular formula is C14H12ClN5O2S2. The Kier molecular flexibility index (Phi) is 4.83. The quantitative estimate of drug-likeness (QED) is 0.641. The Bertz CT molecular complexity index is 908. The maximum atomic E-state index is 11.6. The number of nitrogens with zero attached hydrogens (tertiary/aromatic N) is 5. The highest BCUT2D eigenvalue weighted by Crippen LogP contribution is 2.34. The zero-order valence-electron chi connectivity index (χ0n) is 13.0. The molecule has 7 nitrogen and oxygen atoms in total. The van der Waals surface area contributed by atoms with E-state index < -0.39 is 5.97 Å². The third-order valence-corrected chi connectivity index (χ3v) is 5.71. The van der Waals surface area contributed by atoms with E-state index in [9.17, 15) is 4.79 Å². The van der Waals surface area contributed by atoms with Crippen LogP contribution in [0.25, 0.3) is 5.69 Å². The standard InChI is InChI=1S/C14H12ClN5O2S2/c1-7-4-5-9(6-8(7)2)20-13(17-18-19-20)24-14-16-11(15)10(23-14)12(21)22-3/h4-6H,1-3H3. The monoisotopic (exact) mass is 381 g/mol. The minimum absolute atomic E-state index is 0.111. The molecule has 0 saturated carbocycles. The van der Waals surface area contributed by atoms with Gasteiger partial charge in [0.2, 0.25) is 5.16 Å². The van der Waals surface area contributed by atoms with E-state index in [-0.39, 0.29) is 10.0 Å². The smallest absolute Gasteiger partial charge is 0.351 e. The second kappa shape index (κ2) is 6.88. The SMILES string of the molecule is COC(=O)c1sc(Sc2nnnn2-c2ccc(C)c(C)c2)nc1Cl. The summed E-state index contributed by atoms with van der Waals surface area (Å²) >= 11 is 8.35. The van der Waals surface area contributed by atoms with Crippen LogP contribution in [0.4, 0.5) is 0 Å². The van der Waals surface area contributed by atoms with Crippen LogP contribution >= 0.6 is 34.7 Å². The summed E-state index contributed by atoms with van der Waals surface area (Å²) in [6.07, 6.45) is 0. The minimum atomic E-state index is -0.516. The molecular weight excluding hydrogens is 370 g/mol. The van der Waals surface area contributed by atoms with Crippen molar-refractivity contribution < 1.29 is 9.53 Å². The molecule has 0 aliphatic carbocycles. The van der Waals surface area contributed by atoms with Gasteiger partial charge in [0.1, 0.15) is 0 Å². The molecule has 0 spiro atoms. The lowest BCUT2D eigenvalue weighted by atomic mass is 10.1. The first-order valence-corrected chi connectivity index (χ1v) is 8.79. The number of rotatable bonds is 4. The maximum absolute atomic E-state index is 11.6. The molecule has 0 aliphatic heterocycles. The van der Waals surface area contributed by atoms with Crippen LogP contribution < -0.4 is 0 Å². The fourth-order valence-electron chi connectivity index (χ4n) is 1.89. The first-order valence-electron chi connectivity index (χ1n) is 6.78. The number of carbonyl (C=O) groups is 1. The van der Waals surface area contributed by atoms with Gasteiger partial charge in [0.25, 0.3) is 0 Å². The van der Waals surface area contributed by atoms with Crippen LogP contribution in [0.1, 0.15) is 20.8 Å². The first-order chi connectivity index (χ1) is 11.5. The number of methoxy groups -OCH3 is 1. The van der Waals surface area contributed by atoms with Crippen molar-refractivity contribution >= 4 is 40.7 Å². The van der Waals surface area contributed by atoms with E-state index in [1.54, 1.807) is 4.68 Å². The fourth-order valence-corrected chi connectivity index (χ4v) is 4.11. The minimum Gasteiger partial charge on any atom is -0.465 e. The van der Waals surface area contributed by atoms with Crippen molar-refractivity contribution in [3.63, 3.8) is 0 Å². The summed E-state index contributed by atoms with van der Waals surface area (Å²) in [6.45, 7) is 4.07. The molecule has 24 heavy (non-hydrogen) atoms. The number of hydrogen-bond donors (Lipinski definition) is 0. The van der Waals surface area contributed by atoms with Gasteiger partial charge in [-0.2, -0.15) is 4.68 Å². The predicted octanol–water partition coefficient (Wildman–Crippen LogP) is 3.33. The third-order valence-electron chi connectivity index (χ3n) is 3.29. The van der Waals surface area contributed by atoms with Gasteiger partial charge < -0.3 is 4.74 Å². The van der Waals surface area contributed by atoms with E-state index in [0.717, 1.165) is 22.6 Å². The van der Waals surface area contributed by atoms with E-state index in [1.165, 1.54) is 24.4 Å². The van der Waals surface area contributed by atoms with Crippen LogP contribution in [-0.4, -0.2) is 38.3 Å². The summed E-state index contributed by atoms with van der Waals surface area (Å²) in [5.41, 5.74) is 3.18. The van der Waals surface area contributed by atoms with Crippen molar-refractivity contribution in [3.8, 4) is 5.69 Å². The highest BCUT2D eigenvalue weighted by Gasteiger charge is 2.20. The molecule has 0 amide bonds. The van der Waals surface area contributed by atoms with Gasteiger partial charge in [0, 0.05) is 0 Å². The highest BCUT2D eigenvalue weighted by molar-refractivity contribution is 8.00. The number of aryl methyl sites for hydroxylation is 2. The average molecular weight is 382 g/mol. The first kappa shape index (κ1) is 16.9. The zero-order chi connectivity index (χ0) is 17.3. The van der Waals surface area contributed by atoms with Crippen LogP contribution in [0.5, 0.6) is 0 Å².